The Balaban J connectivity index is 1.43. The van der Waals surface area contributed by atoms with Gasteiger partial charge >= 0.3 is 0 Å². The van der Waals surface area contributed by atoms with Crippen molar-refractivity contribution < 1.29 is 9.53 Å². The molecule has 156 valence electrons. The van der Waals surface area contributed by atoms with E-state index < -0.39 is 0 Å². The van der Waals surface area contributed by atoms with Crippen LogP contribution in [0.5, 0.6) is 0 Å². The summed E-state index contributed by atoms with van der Waals surface area (Å²) >= 11 is 1.70. The Morgan fingerprint density at radius 3 is 2.69 bits per heavy atom. The van der Waals surface area contributed by atoms with Crippen LogP contribution in [0.15, 0.2) is 35.5 Å². The second-order valence-corrected chi connectivity index (χ2v) is 8.96. The average Bonchev–Trinajstić information content (AvgIpc) is 3.42. The van der Waals surface area contributed by atoms with Gasteiger partial charge in [0.05, 0.1) is 19.2 Å². The van der Waals surface area contributed by atoms with Crippen molar-refractivity contribution in [2.75, 3.05) is 12.4 Å². The van der Waals surface area contributed by atoms with Crippen LogP contribution in [0.2, 0.25) is 0 Å². The molecule has 2 heterocycles. The maximum atomic E-state index is 12.6. The van der Waals surface area contributed by atoms with Crippen LogP contribution in [0.25, 0.3) is 0 Å². The Morgan fingerprint density at radius 2 is 1.93 bits per heavy atom. The maximum Gasteiger partial charge on any atom is 0.223 e. The number of nitrogens with one attached hydrogen (secondary N) is 1. The molecule has 1 saturated carbocycles. The monoisotopic (exact) mass is 414 g/mol. The minimum atomic E-state index is 0.155. The summed E-state index contributed by atoms with van der Waals surface area (Å²) in [4.78, 5) is 12.6. The van der Waals surface area contributed by atoms with Gasteiger partial charge in [-0.1, -0.05) is 61.4 Å². The molecule has 1 amide bonds. The summed E-state index contributed by atoms with van der Waals surface area (Å²) in [5.74, 6) is 2.02. The number of hydrogen-bond donors (Lipinski definition) is 1. The molecule has 1 aliphatic heterocycles. The standard InChI is InChI=1S/C22H30N4O2S/c27-21(18-10-5-2-6-11-18)23-14-20-24-25-22(29-16-19-12-7-13-28-19)26(20)15-17-8-3-1-4-9-17/h1,3-4,8-9,18-19H,2,5-7,10-16H2,(H,23,27)/t19-/m1/s1. The van der Waals surface area contributed by atoms with Crippen molar-refractivity contribution in [1.82, 2.24) is 20.1 Å². The van der Waals surface area contributed by atoms with Gasteiger partial charge in [0.2, 0.25) is 5.91 Å². The summed E-state index contributed by atoms with van der Waals surface area (Å²) in [6.45, 7) is 1.99. The number of carbonyl (C=O) groups excluding carboxylic acids is 1. The number of carbonyl (C=O) groups is 1. The molecule has 1 aromatic heterocycles. The lowest BCUT2D eigenvalue weighted by molar-refractivity contribution is -0.126. The largest absolute Gasteiger partial charge is 0.377 e. The maximum absolute atomic E-state index is 12.6. The highest BCUT2D eigenvalue weighted by Crippen LogP contribution is 2.25. The van der Waals surface area contributed by atoms with E-state index >= 15 is 0 Å². The molecule has 7 heteroatoms. The Hall–Kier alpha value is -1.86. The first-order valence-electron chi connectivity index (χ1n) is 10.8. The third-order valence-corrected chi connectivity index (χ3v) is 6.89. The molecule has 2 aliphatic rings. The molecule has 0 bridgehead atoms. The number of amides is 1. The lowest BCUT2D eigenvalue weighted by Gasteiger charge is -2.20. The van der Waals surface area contributed by atoms with Crippen molar-refractivity contribution in [2.24, 2.45) is 5.92 Å². The summed E-state index contributed by atoms with van der Waals surface area (Å²) in [5.41, 5.74) is 1.20. The van der Waals surface area contributed by atoms with Crippen LogP contribution in [-0.4, -0.2) is 39.1 Å². The predicted molar refractivity (Wildman–Crippen MR) is 114 cm³/mol. The molecule has 29 heavy (non-hydrogen) atoms. The summed E-state index contributed by atoms with van der Waals surface area (Å²) in [7, 11) is 0. The molecular formula is C22H30N4O2S. The number of rotatable bonds is 8. The number of nitrogens with zero attached hydrogens (tertiary/aromatic N) is 3. The molecule has 6 nitrogen and oxygen atoms in total. The fraction of sp³-hybridized carbons (Fsp3) is 0.591. The van der Waals surface area contributed by atoms with Crippen molar-refractivity contribution in [2.45, 2.75) is 69.3 Å². The van der Waals surface area contributed by atoms with E-state index in [1.807, 2.05) is 18.2 Å². The highest BCUT2D eigenvalue weighted by Gasteiger charge is 2.22. The highest BCUT2D eigenvalue weighted by molar-refractivity contribution is 7.99. The first-order chi connectivity index (χ1) is 14.3. The van der Waals surface area contributed by atoms with Gasteiger partial charge in [0.1, 0.15) is 0 Å². The van der Waals surface area contributed by atoms with Gasteiger partial charge in [-0.2, -0.15) is 0 Å². The zero-order chi connectivity index (χ0) is 19.9. The van der Waals surface area contributed by atoms with Crippen molar-refractivity contribution >= 4 is 17.7 Å². The van der Waals surface area contributed by atoms with Crippen molar-refractivity contribution in [3.05, 3.63) is 41.7 Å². The Labute approximate surface area is 176 Å². The molecule has 1 atom stereocenters. The summed E-state index contributed by atoms with van der Waals surface area (Å²) in [5, 5.41) is 12.8. The molecular weight excluding hydrogens is 384 g/mol. The van der Waals surface area contributed by atoms with E-state index in [2.05, 4.69) is 32.2 Å². The van der Waals surface area contributed by atoms with Crippen LogP contribution >= 0.6 is 11.8 Å². The summed E-state index contributed by atoms with van der Waals surface area (Å²) < 4.78 is 7.89. The van der Waals surface area contributed by atoms with Crippen LogP contribution in [0.3, 0.4) is 0 Å². The number of aromatic nitrogens is 3. The topological polar surface area (TPSA) is 69.0 Å². The Bertz CT molecular complexity index is 783. The third kappa shape index (κ3) is 5.60. The Morgan fingerprint density at radius 1 is 1.10 bits per heavy atom. The molecule has 1 N–H and O–H groups in total. The van der Waals surface area contributed by atoms with E-state index in [0.717, 1.165) is 61.9 Å². The minimum Gasteiger partial charge on any atom is -0.377 e. The van der Waals surface area contributed by atoms with E-state index in [0.29, 0.717) is 19.2 Å². The molecule has 1 saturated heterocycles. The lowest BCUT2D eigenvalue weighted by Crippen LogP contribution is -2.32. The number of ether oxygens (including phenoxy) is 1. The average molecular weight is 415 g/mol. The zero-order valence-electron chi connectivity index (χ0n) is 16.9. The van der Waals surface area contributed by atoms with Gasteiger partial charge in [0, 0.05) is 18.3 Å². The number of thioether (sulfide) groups is 1. The SMILES string of the molecule is O=C(NCc1nnc(SC[C@H]2CCCO2)n1Cc1ccccc1)C1CCCCC1. The smallest absolute Gasteiger partial charge is 0.223 e. The van der Waals surface area contributed by atoms with Crippen LogP contribution in [0.1, 0.15) is 56.3 Å². The molecule has 0 spiro atoms. The normalized spacial score (nSPS) is 20.1. The number of hydrogen-bond acceptors (Lipinski definition) is 5. The van der Waals surface area contributed by atoms with Crippen LogP contribution < -0.4 is 5.32 Å². The molecule has 4 rings (SSSR count). The predicted octanol–water partition coefficient (Wildman–Crippen LogP) is 3.79. The molecule has 2 aromatic rings. The first kappa shape index (κ1) is 20.4. The molecule has 2 fully saturated rings. The second kappa shape index (κ2) is 10.3. The van der Waals surface area contributed by atoms with E-state index in [9.17, 15) is 4.79 Å². The second-order valence-electron chi connectivity index (χ2n) is 7.97. The van der Waals surface area contributed by atoms with Crippen LogP contribution in [0, 0.1) is 5.92 Å². The number of benzene rings is 1. The van der Waals surface area contributed by atoms with Gasteiger partial charge in [-0.3, -0.25) is 4.79 Å². The lowest BCUT2D eigenvalue weighted by atomic mass is 9.89. The van der Waals surface area contributed by atoms with Crippen molar-refractivity contribution in [3.8, 4) is 0 Å². The van der Waals surface area contributed by atoms with Gasteiger partial charge in [-0.05, 0) is 31.2 Å². The molecule has 1 aromatic carbocycles. The molecule has 0 radical (unpaired) electrons. The van der Waals surface area contributed by atoms with E-state index in [-0.39, 0.29) is 11.8 Å². The van der Waals surface area contributed by atoms with Gasteiger partial charge in [0.15, 0.2) is 11.0 Å². The van der Waals surface area contributed by atoms with Crippen LogP contribution in [-0.2, 0) is 22.6 Å². The Kier molecular flexibility index (Phi) is 7.22. The van der Waals surface area contributed by atoms with Crippen LogP contribution in [0.4, 0.5) is 0 Å². The summed E-state index contributed by atoms with van der Waals surface area (Å²) in [6, 6.07) is 10.3. The zero-order valence-corrected chi connectivity index (χ0v) is 17.7. The van der Waals surface area contributed by atoms with E-state index in [4.69, 9.17) is 4.74 Å². The molecule has 1 aliphatic carbocycles. The van der Waals surface area contributed by atoms with Gasteiger partial charge in [0.25, 0.3) is 0 Å². The summed E-state index contributed by atoms with van der Waals surface area (Å²) in [6.07, 6.45) is 8.14. The highest BCUT2D eigenvalue weighted by atomic mass is 32.2. The van der Waals surface area contributed by atoms with Crippen molar-refractivity contribution in [3.63, 3.8) is 0 Å². The first-order valence-corrected chi connectivity index (χ1v) is 11.8. The minimum absolute atomic E-state index is 0.155. The molecule has 0 unspecified atom stereocenters. The van der Waals surface area contributed by atoms with Crippen molar-refractivity contribution in [1.29, 1.82) is 0 Å². The fourth-order valence-electron chi connectivity index (χ4n) is 4.10. The third-order valence-electron chi connectivity index (χ3n) is 5.80. The van der Waals surface area contributed by atoms with Gasteiger partial charge in [-0.25, -0.2) is 0 Å². The van der Waals surface area contributed by atoms with Gasteiger partial charge < -0.3 is 14.6 Å². The van der Waals surface area contributed by atoms with E-state index in [1.54, 1.807) is 11.8 Å². The van der Waals surface area contributed by atoms with Gasteiger partial charge in [-0.15, -0.1) is 10.2 Å². The van der Waals surface area contributed by atoms with E-state index in [1.165, 1.54) is 12.0 Å². The fourth-order valence-corrected chi connectivity index (χ4v) is 5.12. The quantitative estimate of drug-likeness (QED) is 0.666.